The van der Waals surface area contributed by atoms with Crippen molar-refractivity contribution in [1.29, 1.82) is 0 Å². The van der Waals surface area contributed by atoms with Gasteiger partial charge >= 0.3 is 0 Å². The summed E-state index contributed by atoms with van der Waals surface area (Å²) < 4.78 is 0. The van der Waals surface area contributed by atoms with Gasteiger partial charge in [-0.3, -0.25) is 0 Å². The molecule has 0 aromatic heterocycles. The number of allylic oxidation sites excluding steroid dienone is 4. The maximum absolute atomic E-state index is 2.46. The molecular weight excluding hydrogens is 436 g/mol. The van der Waals surface area contributed by atoms with E-state index in [0.29, 0.717) is 0 Å². The van der Waals surface area contributed by atoms with Crippen LogP contribution in [0.25, 0.3) is 5.57 Å². The molecule has 0 unspecified atom stereocenters. The van der Waals surface area contributed by atoms with E-state index in [2.05, 4.69) is 132 Å². The van der Waals surface area contributed by atoms with E-state index < -0.39 is 8.07 Å². The Morgan fingerprint density at radius 2 is 0.914 bits per heavy atom. The van der Waals surface area contributed by atoms with Gasteiger partial charge in [-0.1, -0.05) is 75.6 Å². The van der Waals surface area contributed by atoms with Gasteiger partial charge in [0.1, 0.15) is 0 Å². The highest BCUT2D eigenvalue weighted by Crippen LogP contribution is 2.37. The first kappa shape index (κ1) is 27.0. The fraction of sp³-hybridized carbons (Fsp3) is 0.353. The molecule has 0 bridgehead atoms. The van der Waals surface area contributed by atoms with Gasteiger partial charge in [0, 0.05) is 0 Å². The largest absolute Gasteiger partial charge is 0.171 e. The second-order valence-electron chi connectivity index (χ2n) is 10.9. The highest BCUT2D eigenvalue weighted by atomic mass is 28.3. The van der Waals surface area contributed by atoms with Crippen LogP contribution in [-0.4, -0.2) is 8.07 Å². The lowest BCUT2D eigenvalue weighted by atomic mass is 9.86. The summed E-state index contributed by atoms with van der Waals surface area (Å²) in [5, 5.41) is 6.05. The number of hydrogen-bond acceptors (Lipinski definition) is 0. The molecule has 0 amide bonds. The highest BCUT2D eigenvalue weighted by Gasteiger charge is 2.43. The molecule has 0 saturated heterocycles. The number of hydrogen-bond donors (Lipinski definition) is 0. The minimum Gasteiger partial charge on any atom is -0.0803 e. The van der Waals surface area contributed by atoms with E-state index in [4.69, 9.17) is 0 Å². The molecular formula is C34H44Si. The van der Waals surface area contributed by atoms with Crippen LogP contribution in [0.15, 0.2) is 64.5 Å². The Morgan fingerprint density at radius 1 is 0.514 bits per heavy atom. The molecule has 0 nitrogen and oxygen atoms in total. The average molecular weight is 481 g/mol. The van der Waals surface area contributed by atoms with Crippen LogP contribution in [0.4, 0.5) is 0 Å². The predicted octanol–water partition coefficient (Wildman–Crippen LogP) is 8.34. The number of aryl methyl sites for hydroxylation is 2. The summed E-state index contributed by atoms with van der Waals surface area (Å²) in [6.07, 6.45) is 0. The zero-order chi connectivity index (χ0) is 26.2. The highest BCUT2D eigenvalue weighted by molar-refractivity contribution is 7.12. The second kappa shape index (κ2) is 10.2. The Labute approximate surface area is 215 Å². The lowest BCUT2D eigenvalue weighted by Crippen LogP contribution is -2.61. The normalized spacial score (nSPS) is 12.5. The van der Waals surface area contributed by atoms with Crippen molar-refractivity contribution in [3.63, 3.8) is 0 Å². The maximum atomic E-state index is 2.45. The monoisotopic (exact) mass is 480 g/mol. The predicted molar refractivity (Wildman–Crippen MR) is 160 cm³/mol. The first-order valence-electron chi connectivity index (χ1n) is 12.9. The molecule has 0 spiro atoms. The Hall–Kier alpha value is -2.64. The molecule has 0 aliphatic carbocycles. The molecule has 0 heterocycles. The first-order chi connectivity index (χ1) is 16.3. The smallest absolute Gasteiger partial charge is 0.0803 e. The van der Waals surface area contributed by atoms with Crippen molar-refractivity contribution in [1.82, 2.24) is 0 Å². The maximum Gasteiger partial charge on any atom is 0.171 e. The van der Waals surface area contributed by atoms with Gasteiger partial charge in [0.25, 0.3) is 0 Å². The number of rotatable bonds is 5. The Balaban J connectivity index is 2.60. The van der Waals surface area contributed by atoms with Crippen LogP contribution >= 0.6 is 0 Å². The summed E-state index contributed by atoms with van der Waals surface area (Å²) in [5.74, 6) is 0. The van der Waals surface area contributed by atoms with Crippen molar-refractivity contribution >= 4 is 24.0 Å². The van der Waals surface area contributed by atoms with Crippen molar-refractivity contribution in [3.8, 4) is 0 Å². The van der Waals surface area contributed by atoms with E-state index in [1.165, 1.54) is 66.0 Å². The average Bonchev–Trinajstić information content (AvgIpc) is 2.82. The molecule has 0 saturated carbocycles. The van der Waals surface area contributed by atoms with E-state index in [0.717, 1.165) is 0 Å². The molecule has 35 heavy (non-hydrogen) atoms. The summed E-state index contributed by atoms with van der Waals surface area (Å²) in [4.78, 5) is 0. The van der Waals surface area contributed by atoms with Crippen molar-refractivity contribution in [3.05, 3.63) is 109 Å². The van der Waals surface area contributed by atoms with E-state index in [9.17, 15) is 0 Å². The molecule has 184 valence electrons. The van der Waals surface area contributed by atoms with Crippen LogP contribution < -0.4 is 10.4 Å². The lowest BCUT2D eigenvalue weighted by Gasteiger charge is -2.38. The van der Waals surface area contributed by atoms with Crippen LogP contribution in [0.5, 0.6) is 0 Å². The SMILES string of the molecule is CC(C)=C(C)[Si](/C(C)=C(\C)c1c(C)c(C)c(C)c(C)c1C)(c1cccc(C)c1)c1cccc(C)c1. The van der Waals surface area contributed by atoms with Crippen molar-refractivity contribution in [2.24, 2.45) is 0 Å². The van der Waals surface area contributed by atoms with Gasteiger partial charge in [-0.15, -0.1) is 0 Å². The van der Waals surface area contributed by atoms with Gasteiger partial charge in [0.15, 0.2) is 8.07 Å². The molecule has 0 fully saturated rings. The van der Waals surface area contributed by atoms with Crippen LogP contribution in [0.2, 0.25) is 0 Å². The molecule has 1 heteroatoms. The third kappa shape index (κ3) is 4.52. The van der Waals surface area contributed by atoms with Gasteiger partial charge in [-0.2, -0.15) is 0 Å². The quantitative estimate of drug-likeness (QED) is 0.322. The van der Waals surface area contributed by atoms with Crippen molar-refractivity contribution in [2.75, 3.05) is 0 Å². The van der Waals surface area contributed by atoms with Gasteiger partial charge in [0.05, 0.1) is 0 Å². The minimum absolute atomic E-state index is 1.33. The van der Waals surface area contributed by atoms with Crippen LogP contribution in [0, 0.1) is 48.5 Å². The minimum atomic E-state index is -2.46. The lowest BCUT2D eigenvalue weighted by molar-refractivity contribution is 1.15. The third-order valence-corrected chi connectivity index (χ3v) is 14.2. The van der Waals surface area contributed by atoms with Crippen LogP contribution in [0.3, 0.4) is 0 Å². The van der Waals surface area contributed by atoms with E-state index in [1.54, 1.807) is 10.4 Å². The first-order valence-corrected chi connectivity index (χ1v) is 14.9. The molecule has 0 atom stereocenters. The Kier molecular flexibility index (Phi) is 7.82. The Bertz CT molecular complexity index is 1270. The zero-order valence-electron chi connectivity index (χ0n) is 24.1. The molecule has 3 rings (SSSR count). The second-order valence-corrected chi connectivity index (χ2v) is 15.0. The standard InChI is InChI=1S/C34H44Si/c1-21(2)30(11)35(32-17-13-15-22(3)19-32,33-18-14-16-23(4)20-33)31(12)29(10)34-27(8)25(6)24(5)26(7)28(34)9/h13-20H,1-12H3/b31-29+. The summed E-state index contributed by atoms with van der Waals surface area (Å²) >= 11 is 0. The fourth-order valence-corrected chi connectivity index (χ4v) is 11.6. The molecule has 3 aromatic carbocycles. The van der Waals surface area contributed by atoms with Gasteiger partial charge < -0.3 is 0 Å². The molecule has 0 aliphatic rings. The van der Waals surface area contributed by atoms with Crippen molar-refractivity contribution < 1.29 is 0 Å². The Morgan fingerprint density at radius 3 is 1.29 bits per heavy atom. The van der Waals surface area contributed by atoms with Crippen LogP contribution in [0.1, 0.15) is 79.1 Å². The van der Waals surface area contributed by atoms with Crippen molar-refractivity contribution in [2.45, 2.75) is 83.1 Å². The third-order valence-electron chi connectivity index (χ3n) is 8.71. The molecule has 3 aromatic rings. The van der Waals surface area contributed by atoms with Gasteiger partial charge in [0.2, 0.25) is 0 Å². The summed E-state index contributed by atoms with van der Waals surface area (Å²) in [6.45, 7) is 27.7. The van der Waals surface area contributed by atoms with Gasteiger partial charge in [-0.05, 0) is 132 Å². The molecule has 0 radical (unpaired) electrons. The van der Waals surface area contributed by atoms with Crippen LogP contribution in [-0.2, 0) is 0 Å². The summed E-state index contributed by atoms with van der Waals surface area (Å²) in [6, 6.07) is 18.6. The van der Waals surface area contributed by atoms with E-state index in [1.807, 2.05) is 0 Å². The van der Waals surface area contributed by atoms with E-state index >= 15 is 0 Å². The molecule has 0 N–H and O–H groups in total. The number of benzene rings is 3. The summed E-state index contributed by atoms with van der Waals surface area (Å²) in [7, 11) is -2.46. The summed E-state index contributed by atoms with van der Waals surface area (Å²) in [5.41, 5.74) is 14.1. The topological polar surface area (TPSA) is 0 Å². The van der Waals surface area contributed by atoms with E-state index in [-0.39, 0.29) is 0 Å². The fourth-order valence-electron chi connectivity index (χ4n) is 5.98. The zero-order valence-corrected chi connectivity index (χ0v) is 25.1. The van der Waals surface area contributed by atoms with Gasteiger partial charge in [-0.25, -0.2) is 0 Å². The molecule has 0 aliphatic heterocycles.